The second-order valence-corrected chi connectivity index (χ2v) is 4.35. The van der Waals surface area contributed by atoms with Crippen molar-refractivity contribution in [3.63, 3.8) is 0 Å². The first-order valence-corrected chi connectivity index (χ1v) is 6.05. The topological polar surface area (TPSA) is 66.9 Å². The van der Waals surface area contributed by atoms with Gasteiger partial charge in [0.05, 0.1) is 10.6 Å². The molecule has 2 heterocycles. The van der Waals surface area contributed by atoms with Gasteiger partial charge in [0.2, 0.25) is 0 Å². The standard InChI is InChI=1S/C13H13ClN4O/c1-8-5-9(3-4-16-8)18-13(19)10-6-12(15-2)17-7-11(10)14/h3-7H,1-2H3,(H,15,17)(H,16,18,19). The summed E-state index contributed by atoms with van der Waals surface area (Å²) in [7, 11) is 1.73. The summed E-state index contributed by atoms with van der Waals surface area (Å²) in [6.07, 6.45) is 3.08. The Hall–Kier alpha value is -2.14. The average molecular weight is 277 g/mol. The maximum absolute atomic E-state index is 12.1. The van der Waals surface area contributed by atoms with Crippen LogP contribution in [0.4, 0.5) is 11.5 Å². The number of aryl methyl sites for hydroxylation is 1. The first-order chi connectivity index (χ1) is 9.10. The maximum atomic E-state index is 12.1. The molecule has 2 aromatic heterocycles. The zero-order valence-electron chi connectivity index (χ0n) is 10.6. The van der Waals surface area contributed by atoms with Crippen molar-refractivity contribution < 1.29 is 4.79 Å². The van der Waals surface area contributed by atoms with Crippen LogP contribution in [0.25, 0.3) is 0 Å². The summed E-state index contributed by atoms with van der Waals surface area (Å²) in [4.78, 5) is 20.2. The zero-order chi connectivity index (χ0) is 13.8. The van der Waals surface area contributed by atoms with Gasteiger partial charge in [-0.2, -0.15) is 0 Å². The lowest BCUT2D eigenvalue weighted by molar-refractivity contribution is 0.102. The van der Waals surface area contributed by atoms with Crippen molar-refractivity contribution in [3.8, 4) is 0 Å². The second-order valence-electron chi connectivity index (χ2n) is 3.94. The third kappa shape index (κ3) is 3.20. The summed E-state index contributed by atoms with van der Waals surface area (Å²) in [5.74, 6) is 0.301. The molecule has 0 atom stereocenters. The number of amides is 1. The number of halogens is 1. The van der Waals surface area contributed by atoms with Gasteiger partial charge in [0.25, 0.3) is 5.91 Å². The van der Waals surface area contributed by atoms with Gasteiger partial charge >= 0.3 is 0 Å². The van der Waals surface area contributed by atoms with Crippen molar-refractivity contribution in [3.05, 3.63) is 46.9 Å². The van der Waals surface area contributed by atoms with E-state index >= 15 is 0 Å². The van der Waals surface area contributed by atoms with E-state index in [0.717, 1.165) is 5.69 Å². The first kappa shape index (κ1) is 13.3. The van der Waals surface area contributed by atoms with Gasteiger partial charge in [-0.3, -0.25) is 9.78 Å². The first-order valence-electron chi connectivity index (χ1n) is 5.67. The number of carbonyl (C=O) groups excluding carboxylic acids is 1. The summed E-state index contributed by atoms with van der Waals surface area (Å²) >= 11 is 5.98. The summed E-state index contributed by atoms with van der Waals surface area (Å²) in [6, 6.07) is 5.11. The Balaban J connectivity index is 2.25. The number of hydrogen-bond donors (Lipinski definition) is 2. The molecule has 0 spiro atoms. The Kier molecular flexibility index (Phi) is 3.97. The van der Waals surface area contributed by atoms with Crippen molar-refractivity contribution in [1.82, 2.24) is 9.97 Å². The Bertz CT molecular complexity index is 615. The molecule has 0 aliphatic heterocycles. The summed E-state index contributed by atoms with van der Waals surface area (Å²) in [6.45, 7) is 1.86. The van der Waals surface area contributed by atoms with E-state index in [1.165, 1.54) is 6.20 Å². The number of nitrogens with zero attached hydrogens (tertiary/aromatic N) is 2. The molecule has 0 fully saturated rings. The fourth-order valence-corrected chi connectivity index (χ4v) is 1.76. The van der Waals surface area contributed by atoms with Crippen LogP contribution in [0, 0.1) is 6.92 Å². The quantitative estimate of drug-likeness (QED) is 0.905. The highest BCUT2D eigenvalue weighted by Gasteiger charge is 2.12. The van der Waals surface area contributed by atoms with Gasteiger partial charge in [-0.15, -0.1) is 0 Å². The molecule has 0 aromatic carbocycles. The predicted molar refractivity (Wildman–Crippen MR) is 75.7 cm³/mol. The highest BCUT2D eigenvalue weighted by atomic mass is 35.5. The molecule has 0 aliphatic rings. The number of carbonyl (C=O) groups is 1. The van der Waals surface area contributed by atoms with Crippen molar-refractivity contribution in [1.29, 1.82) is 0 Å². The number of nitrogens with one attached hydrogen (secondary N) is 2. The molecule has 0 aliphatic carbocycles. The van der Waals surface area contributed by atoms with E-state index in [0.29, 0.717) is 22.1 Å². The highest BCUT2D eigenvalue weighted by molar-refractivity contribution is 6.34. The van der Waals surface area contributed by atoms with Gasteiger partial charge in [-0.1, -0.05) is 11.6 Å². The molecule has 6 heteroatoms. The molecule has 2 aromatic rings. The fraction of sp³-hybridized carbons (Fsp3) is 0.154. The molecule has 0 saturated carbocycles. The van der Waals surface area contributed by atoms with E-state index in [4.69, 9.17) is 11.6 Å². The van der Waals surface area contributed by atoms with Crippen LogP contribution in [0.3, 0.4) is 0 Å². The number of aromatic nitrogens is 2. The van der Waals surface area contributed by atoms with Crippen LogP contribution < -0.4 is 10.6 Å². The summed E-state index contributed by atoms with van der Waals surface area (Å²) in [5.41, 5.74) is 1.88. The van der Waals surface area contributed by atoms with Crippen LogP contribution >= 0.6 is 11.6 Å². The SMILES string of the molecule is CNc1cc(C(=O)Nc2ccnc(C)c2)c(Cl)cn1. The molecule has 1 amide bonds. The third-order valence-electron chi connectivity index (χ3n) is 2.51. The van der Waals surface area contributed by atoms with Crippen LogP contribution in [0.15, 0.2) is 30.6 Å². The van der Waals surface area contributed by atoms with Crippen LogP contribution in [0.1, 0.15) is 16.1 Å². The van der Waals surface area contributed by atoms with Gasteiger partial charge < -0.3 is 10.6 Å². The normalized spacial score (nSPS) is 10.1. The Morgan fingerprint density at radius 2 is 2.11 bits per heavy atom. The molecule has 0 unspecified atom stereocenters. The Morgan fingerprint density at radius 1 is 1.32 bits per heavy atom. The molecule has 98 valence electrons. The lowest BCUT2D eigenvalue weighted by atomic mass is 10.2. The van der Waals surface area contributed by atoms with E-state index < -0.39 is 0 Å². The monoisotopic (exact) mass is 276 g/mol. The van der Waals surface area contributed by atoms with Crippen molar-refractivity contribution in [2.24, 2.45) is 0 Å². The number of rotatable bonds is 3. The molecule has 2 N–H and O–H groups in total. The maximum Gasteiger partial charge on any atom is 0.257 e. The third-order valence-corrected chi connectivity index (χ3v) is 2.81. The molecular formula is C13H13ClN4O. The van der Waals surface area contributed by atoms with Crippen LogP contribution in [-0.2, 0) is 0 Å². The largest absolute Gasteiger partial charge is 0.373 e. The van der Waals surface area contributed by atoms with E-state index in [-0.39, 0.29) is 5.91 Å². The molecule has 0 radical (unpaired) electrons. The molecule has 2 rings (SSSR count). The zero-order valence-corrected chi connectivity index (χ0v) is 11.3. The molecular weight excluding hydrogens is 264 g/mol. The van der Waals surface area contributed by atoms with Crippen LogP contribution in [-0.4, -0.2) is 22.9 Å². The molecule has 5 nitrogen and oxygen atoms in total. The van der Waals surface area contributed by atoms with Gasteiger partial charge in [-0.05, 0) is 25.1 Å². The van der Waals surface area contributed by atoms with Gasteiger partial charge in [0.15, 0.2) is 0 Å². The summed E-state index contributed by atoms with van der Waals surface area (Å²) in [5, 5.41) is 5.94. The van der Waals surface area contributed by atoms with Crippen molar-refractivity contribution in [2.75, 3.05) is 17.7 Å². The lowest BCUT2D eigenvalue weighted by Gasteiger charge is -2.08. The van der Waals surface area contributed by atoms with E-state index in [1.807, 2.05) is 6.92 Å². The lowest BCUT2D eigenvalue weighted by Crippen LogP contribution is -2.13. The van der Waals surface area contributed by atoms with Gasteiger partial charge in [0.1, 0.15) is 5.82 Å². The smallest absolute Gasteiger partial charge is 0.257 e. The van der Waals surface area contributed by atoms with Gasteiger partial charge in [-0.25, -0.2) is 4.98 Å². The minimum absolute atomic E-state index is 0.283. The molecule has 0 bridgehead atoms. The van der Waals surface area contributed by atoms with Crippen LogP contribution in [0.2, 0.25) is 5.02 Å². The van der Waals surface area contributed by atoms with E-state index in [9.17, 15) is 4.79 Å². The minimum Gasteiger partial charge on any atom is -0.373 e. The second kappa shape index (κ2) is 5.67. The Labute approximate surface area is 116 Å². The fourth-order valence-electron chi connectivity index (χ4n) is 1.57. The van der Waals surface area contributed by atoms with E-state index in [1.54, 1.807) is 31.4 Å². The molecule has 0 saturated heterocycles. The average Bonchev–Trinajstić information content (AvgIpc) is 2.39. The van der Waals surface area contributed by atoms with Crippen molar-refractivity contribution >= 4 is 29.0 Å². The predicted octanol–water partition coefficient (Wildman–Crippen LogP) is 2.73. The Morgan fingerprint density at radius 3 is 2.79 bits per heavy atom. The van der Waals surface area contributed by atoms with Gasteiger partial charge in [0, 0.05) is 30.8 Å². The number of hydrogen-bond acceptors (Lipinski definition) is 4. The highest BCUT2D eigenvalue weighted by Crippen LogP contribution is 2.19. The number of pyridine rings is 2. The van der Waals surface area contributed by atoms with Crippen molar-refractivity contribution in [2.45, 2.75) is 6.92 Å². The minimum atomic E-state index is -0.283. The summed E-state index contributed by atoms with van der Waals surface area (Å²) < 4.78 is 0. The molecule has 19 heavy (non-hydrogen) atoms. The van der Waals surface area contributed by atoms with Crippen LogP contribution in [0.5, 0.6) is 0 Å². The van der Waals surface area contributed by atoms with E-state index in [2.05, 4.69) is 20.6 Å². The number of anilines is 2.